The number of carbonyl (C=O) groups excluding carboxylic acids is 3. The van der Waals surface area contributed by atoms with Crippen LogP contribution in [-0.4, -0.2) is 55.0 Å². The minimum atomic E-state index is -0.732. The van der Waals surface area contributed by atoms with E-state index < -0.39 is 11.8 Å². The van der Waals surface area contributed by atoms with Gasteiger partial charge in [0, 0.05) is 19.1 Å². The summed E-state index contributed by atoms with van der Waals surface area (Å²) in [6.07, 6.45) is 5.42. The summed E-state index contributed by atoms with van der Waals surface area (Å²) in [6.45, 7) is 1.66. The topological polar surface area (TPSA) is 87.7 Å². The van der Waals surface area contributed by atoms with Crippen LogP contribution in [0, 0.1) is 0 Å². The summed E-state index contributed by atoms with van der Waals surface area (Å²) in [5.41, 5.74) is 0.730. The second-order valence-corrected chi connectivity index (χ2v) is 6.71. The molecule has 1 saturated carbocycles. The largest absolute Gasteiger partial charge is 0.378 e. The fourth-order valence-electron chi connectivity index (χ4n) is 3.39. The Morgan fingerprint density at radius 1 is 1.00 bits per heavy atom. The van der Waals surface area contributed by atoms with Gasteiger partial charge in [0.2, 0.25) is 0 Å². The van der Waals surface area contributed by atoms with Crippen molar-refractivity contribution in [1.29, 1.82) is 0 Å². The highest BCUT2D eigenvalue weighted by molar-refractivity contribution is 6.39. The van der Waals surface area contributed by atoms with Crippen molar-refractivity contribution in [3.63, 3.8) is 0 Å². The predicted molar refractivity (Wildman–Crippen MR) is 96.8 cm³/mol. The highest BCUT2D eigenvalue weighted by Crippen LogP contribution is 2.20. The quantitative estimate of drug-likeness (QED) is 0.802. The monoisotopic (exact) mass is 359 g/mol. The van der Waals surface area contributed by atoms with Crippen LogP contribution in [0.3, 0.4) is 0 Å². The molecule has 2 fully saturated rings. The molecule has 1 aliphatic carbocycles. The van der Waals surface area contributed by atoms with Crippen molar-refractivity contribution in [1.82, 2.24) is 10.2 Å². The van der Waals surface area contributed by atoms with Gasteiger partial charge in [-0.15, -0.1) is 0 Å². The molecule has 1 aliphatic heterocycles. The molecule has 26 heavy (non-hydrogen) atoms. The lowest BCUT2D eigenvalue weighted by molar-refractivity contribution is -0.145. The van der Waals surface area contributed by atoms with Crippen LogP contribution in [0.25, 0.3) is 0 Å². The molecule has 0 unspecified atom stereocenters. The van der Waals surface area contributed by atoms with Crippen molar-refractivity contribution in [3.8, 4) is 0 Å². The first-order valence-corrected chi connectivity index (χ1v) is 9.23. The van der Waals surface area contributed by atoms with Gasteiger partial charge in [-0.05, 0) is 25.0 Å². The molecule has 0 aromatic heterocycles. The van der Waals surface area contributed by atoms with Crippen molar-refractivity contribution < 1.29 is 19.1 Å². The Hall–Kier alpha value is -2.41. The van der Waals surface area contributed by atoms with E-state index in [1.807, 2.05) is 0 Å². The molecule has 7 nitrogen and oxygen atoms in total. The maximum Gasteiger partial charge on any atom is 0.313 e. The van der Waals surface area contributed by atoms with Gasteiger partial charge < -0.3 is 20.3 Å². The molecule has 1 aromatic rings. The third-order valence-corrected chi connectivity index (χ3v) is 4.85. The van der Waals surface area contributed by atoms with Gasteiger partial charge in [0.25, 0.3) is 5.91 Å². The van der Waals surface area contributed by atoms with E-state index in [-0.39, 0.29) is 11.9 Å². The van der Waals surface area contributed by atoms with Gasteiger partial charge in [-0.1, -0.05) is 31.4 Å². The minimum Gasteiger partial charge on any atom is -0.378 e. The third kappa shape index (κ3) is 4.60. The number of ether oxygens (including phenoxy) is 1. The molecule has 0 bridgehead atoms. The summed E-state index contributed by atoms with van der Waals surface area (Å²) in [4.78, 5) is 38.6. The smallest absolute Gasteiger partial charge is 0.313 e. The van der Waals surface area contributed by atoms with E-state index in [4.69, 9.17) is 4.74 Å². The van der Waals surface area contributed by atoms with E-state index in [1.165, 1.54) is 11.3 Å². The number of nitrogens with zero attached hydrogens (tertiary/aromatic N) is 1. The molecule has 3 rings (SSSR count). The average Bonchev–Trinajstić information content (AvgIpc) is 2.69. The van der Waals surface area contributed by atoms with Gasteiger partial charge in [0.05, 0.1) is 24.5 Å². The lowest BCUT2D eigenvalue weighted by atomic mass is 9.95. The number of carbonyl (C=O) groups is 3. The highest BCUT2D eigenvalue weighted by Gasteiger charge is 2.25. The Morgan fingerprint density at radius 3 is 2.42 bits per heavy atom. The van der Waals surface area contributed by atoms with Gasteiger partial charge in [0.15, 0.2) is 0 Å². The SMILES string of the molecule is O=C(Nc1ccccc1C(=O)NC1CCCCC1)C(=O)N1CCOCC1. The Labute approximate surface area is 153 Å². The van der Waals surface area contributed by atoms with Gasteiger partial charge in [0.1, 0.15) is 0 Å². The van der Waals surface area contributed by atoms with Gasteiger partial charge in [-0.25, -0.2) is 0 Å². The van der Waals surface area contributed by atoms with Crippen molar-refractivity contribution in [2.45, 2.75) is 38.1 Å². The minimum absolute atomic E-state index is 0.176. The Bertz CT molecular complexity index is 665. The number of para-hydroxylation sites is 1. The summed E-state index contributed by atoms with van der Waals surface area (Å²) in [5.74, 6) is -1.55. The summed E-state index contributed by atoms with van der Waals surface area (Å²) in [7, 11) is 0. The molecule has 140 valence electrons. The number of nitrogens with one attached hydrogen (secondary N) is 2. The molecule has 7 heteroatoms. The number of benzene rings is 1. The van der Waals surface area contributed by atoms with Crippen LogP contribution >= 0.6 is 0 Å². The van der Waals surface area contributed by atoms with Crippen molar-refractivity contribution in [3.05, 3.63) is 29.8 Å². The highest BCUT2D eigenvalue weighted by atomic mass is 16.5. The van der Waals surface area contributed by atoms with Crippen LogP contribution in [0.1, 0.15) is 42.5 Å². The Kier molecular flexibility index (Phi) is 6.22. The molecule has 1 heterocycles. The number of anilines is 1. The van der Waals surface area contributed by atoms with Crippen LogP contribution in [0.15, 0.2) is 24.3 Å². The Morgan fingerprint density at radius 2 is 1.69 bits per heavy atom. The number of morpholine rings is 1. The normalized spacial score (nSPS) is 18.2. The maximum atomic E-state index is 12.6. The first-order chi connectivity index (χ1) is 12.6. The third-order valence-electron chi connectivity index (χ3n) is 4.85. The molecular weight excluding hydrogens is 334 g/mol. The van der Waals surface area contributed by atoms with Crippen molar-refractivity contribution in [2.75, 3.05) is 31.6 Å². The zero-order chi connectivity index (χ0) is 18.4. The van der Waals surface area contributed by atoms with Crippen LogP contribution in [0.4, 0.5) is 5.69 Å². The maximum absolute atomic E-state index is 12.6. The fourth-order valence-corrected chi connectivity index (χ4v) is 3.39. The van der Waals surface area contributed by atoms with E-state index in [9.17, 15) is 14.4 Å². The molecule has 0 atom stereocenters. The molecule has 3 amide bonds. The molecule has 2 N–H and O–H groups in total. The first kappa shape index (κ1) is 18.4. The number of hydrogen-bond donors (Lipinski definition) is 2. The van der Waals surface area contributed by atoms with Crippen LogP contribution in [0.5, 0.6) is 0 Å². The number of hydrogen-bond acceptors (Lipinski definition) is 4. The second-order valence-electron chi connectivity index (χ2n) is 6.71. The average molecular weight is 359 g/mol. The zero-order valence-corrected chi connectivity index (χ0v) is 14.8. The summed E-state index contributed by atoms with van der Waals surface area (Å²) in [5, 5.41) is 5.63. The standard InChI is InChI=1S/C19H25N3O4/c23-17(20-14-6-2-1-3-7-14)15-8-4-5-9-16(15)21-18(24)19(25)22-10-12-26-13-11-22/h4-5,8-9,14H,1-3,6-7,10-13H2,(H,20,23)(H,21,24). The number of rotatable bonds is 3. The molecule has 1 saturated heterocycles. The molecule has 0 radical (unpaired) electrons. The summed E-state index contributed by atoms with van der Waals surface area (Å²) in [6, 6.07) is 6.95. The van der Waals surface area contributed by atoms with Crippen molar-refractivity contribution in [2.24, 2.45) is 0 Å². The molecular formula is C19H25N3O4. The van der Waals surface area contributed by atoms with Gasteiger partial charge >= 0.3 is 11.8 Å². The van der Waals surface area contributed by atoms with E-state index in [1.54, 1.807) is 24.3 Å². The summed E-state index contributed by atoms with van der Waals surface area (Å²) >= 11 is 0. The van der Waals surface area contributed by atoms with Crippen LogP contribution < -0.4 is 10.6 Å². The molecule has 2 aliphatic rings. The van der Waals surface area contributed by atoms with Crippen molar-refractivity contribution >= 4 is 23.4 Å². The molecule has 1 aromatic carbocycles. The second kappa shape index (κ2) is 8.80. The van der Waals surface area contributed by atoms with E-state index in [0.29, 0.717) is 37.6 Å². The van der Waals surface area contributed by atoms with E-state index in [0.717, 1.165) is 25.7 Å². The zero-order valence-electron chi connectivity index (χ0n) is 14.8. The first-order valence-electron chi connectivity index (χ1n) is 9.23. The Balaban J connectivity index is 1.65. The fraction of sp³-hybridized carbons (Fsp3) is 0.526. The lowest BCUT2D eigenvalue weighted by Gasteiger charge is -2.26. The van der Waals surface area contributed by atoms with E-state index in [2.05, 4.69) is 10.6 Å². The van der Waals surface area contributed by atoms with Crippen LogP contribution in [0.2, 0.25) is 0 Å². The summed E-state index contributed by atoms with van der Waals surface area (Å²) < 4.78 is 5.19. The number of amides is 3. The lowest BCUT2D eigenvalue weighted by Crippen LogP contribution is -2.46. The van der Waals surface area contributed by atoms with Crippen LogP contribution in [-0.2, 0) is 14.3 Å². The predicted octanol–water partition coefficient (Wildman–Crippen LogP) is 1.55. The van der Waals surface area contributed by atoms with E-state index >= 15 is 0 Å². The molecule has 0 spiro atoms. The van der Waals surface area contributed by atoms with Gasteiger partial charge in [-0.3, -0.25) is 14.4 Å². The van der Waals surface area contributed by atoms with Gasteiger partial charge in [-0.2, -0.15) is 0 Å².